The van der Waals surface area contributed by atoms with Crippen LogP contribution in [-0.2, 0) is 13.6 Å². The summed E-state index contributed by atoms with van der Waals surface area (Å²) in [5, 5.41) is 18.4. The maximum absolute atomic E-state index is 11.9. The maximum atomic E-state index is 11.9. The van der Waals surface area contributed by atoms with Crippen molar-refractivity contribution in [2.45, 2.75) is 6.54 Å². The molecule has 3 aromatic rings. The van der Waals surface area contributed by atoms with Crippen molar-refractivity contribution >= 4 is 17.7 Å². The molecule has 0 unspecified atom stereocenters. The van der Waals surface area contributed by atoms with E-state index in [1.165, 1.54) is 23.0 Å². The highest BCUT2D eigenvalue weighted by Crippen LogP contribution is 2.13. The molecule has 0 aliphatic rings. The Hall–Kier alpha value is -3.49. The lowest BCUT2D eigenvalue weighted by atomic mass is 10.2. The van der Waals surface area contributed by atoms with Crippen molar-refractivity contribution in [2.24, 2.45) is 7.05 Å². The zero-order valence-corrected chi connectivity index (χ0v) is 12.7. The third-order valence-electron chi connectivity index (χ3n) is 3.18. The second kappa shape index (κ2) is 6.32. The molecule has 0 aliphatic carbocycles. The van der Waals surface area contributed by atoms with Crippen LogP contribution in [0.3, 0.4) is 0 Å². The highest BCUT2D eigenvalue weighted by atomic mass is 16.6. The molecule has 9 heteroatoms. The molecule has 0 saturated heterocycles. The zero-order valence-electron chi connectivity index (χ0n) is 12.7. The standard InChI is InChI=1S/C15H13N5O4/c1-18-8-6-13(16-18)14(21)5-4-11-2-3-12(24-11)10-19-9-7-15(17-19)20(22)23/h2-9H,10H2,1H3/b5-4+. The van der Waals surface area contributed by atoms with E-state index in [1.807, 2.05) is 0 Å². The molecule has 122 valence electrons. The van der Waals surface area contributed by atoms with Crippen LogP contribution in [0.25, 0.3) is 6.08 Å². The van der Waals surface area contributed by atoms with Crippen LogP contribution in [0.4, 0.5) is 5.82 Å². The number of hydrogen-bond donors (Lipinski definition) is 0. The molecule has 0 saturated carbocycles. The van der Waals surface area contributed by atoms with Gasteiger partial charge in [0.15, 0.2) is 0 Å². The van der Waals surface area contributed by atoms with Gasteiger partial charge in [0, 0.05) is 13.2 Å². The lowest BCUT2D eigenvalue weighted by molar-refractivity contribution is -0.389. The first-order chi connectivity index (χ1) is 11.5. The highest BCUT2D eigenvalue weighted by Gasteiger charge is 2.12. The molecule has 0 aliphatic heterocycles. The Bertz CT molecular complexity index is 918. The average molecular weight is 327 g/mol. The second-order valence-electron chi connectivity index (χ2n) is 5.00. The number of aromatic nitrogens is 4. The number of aryl methyl sites for hydroxylation is 1. The number of nitro groups is 1. The van der Waals surface area contributed by atoms with Crippen LogP contribution < -0.4 is 0 Å². The SMILES string of the molecule is Cn1ccc(C(=O)/C=C/c2ccc(Cn3ccc([N+](=O)[O-])n3)o2)n1. The number of ketones is 1. The van der Waals surface area contributed by atoms with E-state index in [0.717, 1.165) is 0 Å². The van der Waals surface area contributed by atoms with Gasteiger partial charge in [-0.1, -0.05) is 0 Å². The van der Waals surface area contributed by atoms with Crippen molar-refractivity contribution < 1.29 is 14.1 Å². The minimum atomic E-state index is -0.559. The van der Waals surface area contributed by atoms with Crippen LogP contribution in [0.5, 0.6) is 0 Å². The van der Waals surface area contributed by atoms with E-state index in [9.17, 15) is 14.9 Å². The number of rotatable bonds is 6. The fraction of sp³-hybridized carbons (Fsp3) is 0.133. The molecule has 0 aromatic carbocycles. The summed E-state index contributed by atoms with van der Waals surface area (Å²) in [6, 6.07) is 6.37. The Morgan fingerprint density at radius 2 is 2.12 bits per heavy atom. The summed E-state index contributed by atoms with van der Waals surface area (Å²) in [4.78, 5) is 22.0. The van der Waals surface area contributed by atoms with E-state index in [1.54, 1.807) is 42.2 Å². The summed E-state index contributed by atoms with van der Waals surface area (Å²) in [7, 11) is 1.74. The van der Waals surface area contributed by atoms with Gasteiger partial charge in [-0.3, -0.25) is 9.48 Å². The fourth-order valence-electron chi connectivity index (χ4n) is 2.05. The second-order valence-corrected chi connectivity index (χ2v) is 5.00. The van der Waals surface area contributed by atoms with Crippen LogP contribution in [0.15, 0.2) is 47.2 Å². The summed E-state index contributed by atoms with van der Waals surface area (Å²) in [6.07, 6.45) is 6.12. The summed E-state index contributed by atoms with van der Waals surface area (Å²) in [5.74, 6) is 0.618. The monoisotopic (exact) mass is 327 g/mol. The molecule has 0 spiro atoms. The predicted octanol–water partition coefficient (Wildman–Crippen LogP) is 2.06. The van der Waals surface area contributed by atoms with E-state index in [0.29, 0.717) is 17.2 Å². The fourth-order valence-corrected chi connectivity index (χ4v) is 2.05. The number of carbonyl (C=O) groups is 1. The average Bonchev–Trinajstić information content (AvgIpc) is 3.26. The Kier molecular flexibility index (Phi) is 4.06. The lowest BCUT2D eigenvalue weighted by Gasteiger charge is -1.93. The van der Waals surface area contributed by atoms with Crippen molar-refractivity contribution in [3.05, 3.63) is 70.1 Å². The number of nitrogens with zero attached hydrogens (tertiary/aromatic N) is 5. The highest BCUT2D eigenvalue weighted by molar-refractivity contribution is 6.05. The number of carbonyl (C=O) groups excluding carboxylic acids is 1. The third-order valence-corrected chi connectivity index (χ3v) is 3.18. The van der Waals surface area contributed by atoms with Crippen LogP contribution in [-0.4, -0.2) is 30.3 Å². The molecule has 0 radical (unpaired) electrons. The Morgan fingerprint density at radius 1 is 1.29 bits per heavy atom. The number of furan rings is 1. The Balaban J connectivity index is 1.65. The van der Waals surface area contributed by atoms with Gasteiger partial charge in [0.2, 0.25) is 5.78 Å². The molecule has 9 nitrogen and oxygen atoms in total. The molecule has 3 heterocycles. The van der Waals surface area contributed by atoms with Gasteiger partial charge >= 0.3 is 5.82 Å². The first-order valence-electron chi connectivity index (χ1n) is 7.00. The molecule has 3 rings (SSSR count). The number of hydrogen-bond acceptors (Lipinski definition) is 6. The van der Waals surface area contributed by atoms with Crippen molar-refractivity contribution in [1.82, 2.24) is 19.6 Å². The largest absolute Gasteiger partial charge is 0.460 e. The molecular formula is C15H13N5O4. The van der Waals surface area contributed by atoms with Crippen LogP contribution in [0.2, 0.25) is 0 Å². The Labute approximate surface area is 136 Å². The van der Waals surface area contributed by atoms with Gasteiger partial charge in [-0.25, -0.2) is 0 Å². The van der Waals surface area contributed by atoms with Gasteiger partial charge in [-0.2, -0.15) is 9.78 Å². The van der Waals surface area contributed by atoms with Crippen LogP contribution >= 0.6 is 0 Å². The molecule has 0 bridgehead atoms. The summed E-state index contributed by atoms with van der Waals surface area (Å²) < 4.78 is 8.51. The van der Waals surface area contributed by atoms with Gasteiger partial charge in [-0.15, -0.1) is 0 Å². The van der Waals surface area contributed by atoms with E-state index < -0.39 is 4.92 Å². The maximum Gasteiger partial charge on any atom is 0.389 e. The number of allylic oxidation sites excluding steroid dienone is 1. The molecule has 3 aromatic heterocycles. The smallest absolute Gasteiger partial charge is 0.389 e. The van der Waals surface area contributed by atoms with Gasteiger partial charge in [0.25, 0.3) is 0 Å². The minimum Gasteiger partial charge on any atom is -0.460 e. The van der Waals surface area contributed by atoms with E-state index >= 15 is 0 Å². The summed E-state index contributed by atoms with van der Waals surface area (Å²) in [6.45, 7) is 0.260. The van der Waals surface area contributed by atoms with E-state index in [2.05, 4.69) is 10.2 Å². The van der Waals surface area contributed by atoms with Gasteiger partial charge in [-0.05, 0) is 35.3 Å². The lowest BCUT2D eigenvalue weighted by Crippen LogP contribution is -2.00. The van der Waals surface area contributed by atoms with Crippen molar-refractivity contribution in [2.75, 3.05) is 0 Å². The third kappa shape index (κ3) is 3.46. The first kappa shape index (κ1) is 15.4. The van der Waals surface area contributed by atoms with Crippen molar-refractivity contribution in [3.8, 4) is 0 Å². The van der Waals surface area contributed by atoms with Crippen molar-refractivity contribution in [1.29, 1.82) is 0 Å². The normalized spacial score (nSPS) is 11.2. The first-order valence-corrected chi connectivity index (χ1v) is 7.00. The predicted molar refractivity (Wildman–Crippen MR) is 83.3 cm³/mol. The van der Waals surface area contributed by atoms with Gasteiger partial charge in [0.1, 0.15) is 23.8 Å². The zero-order chi connectivity index (χ0) is 17.1. The van der Waals surface area contributed by atoms with Crippen molar-refractivity contribution in [3.63, 3.8) is 0 Å². The molecule has 0 fully saturated rings. The quantitative estimate of drug-likeness (QED) is 0.297. The minimum absolute atomic E-state index is 0.220. The van der Waals surface area contributed by atoms with Gasteiger partial charge < -0.3 is 14.5 Å². The summed E-state index contributed by atoms with van der Waals surface area (Å²) in [5.41, 5.74) is 0.351. The molecule has 0 amide bonds. The van der Waals surface area contributed by atoms with E-state index in [-0.39, 0.29) is 18.1 Å². The van der Waals surface area contributed by atoms with Crippen LogP contribution in [0.1, 0.15) is 22.0 Å². The molecule has 0 N–H and O–H groups in total. The molecule has 0 atom stereocenters. The van der Waals surface area contributed by atoms with Gasteiger partial charge in [0.05, 0.1) is 17.4 Å². The Morgan fingerprint density at radius 3 is 2.79 bits per heavy atom. The topological polar surface area (TPSA) is 109 Å². The van der Waals surface area contributed by atoms with Crippen LogP contribution in [0, 0.1) is 10.1 Å². The molecule has 24 heavy (non-hydrogen) atoms. The molecular weight excluding hydrogens is 314 g/mol. The van der Waals surface area contributed by atoms with E-state index in [4.69, 9.17) is 4.42 Å². The summed E-state index contributed by atoms with van der Waals surface area (Å²) >= 11 is 0.